The zero-order chi connectivity index (χ0) is 24.0. The Morgan fingerprint density at radius 2 is 1.94 bits per heavy atom. The first-order valence-corrected chi connectivity index (χ1v) is 11.8. The molecule has 3 aliphatic heterocycles. The molecule has 0 spiro atoms. The van der Waals surface area contributed by atoms with Crippen LogP contribution in [0, 0.1) is 5.92 Å². The van der Waals surface area contributed by atoms with E-state index >= 15 is 0 Å². The number of nitrogens with zero attached hydrogens (tertiary/aromatic N) is 1. The van der Waals surface area contributed by atoms with Crippen LogP contribution in [0.2, 0.25) is 0 Å². The summed E-state index contributed by atoms with van der Waals surface area (Å²) in [5, 5.41) is 12.1. The number of carboxylic acid groups (broad SMARTS) is 1. The maximum atomic E-state index is 13.1. The van der Waals surface area contributed by atoms with Gasteiger partial charge in [0, 0.05) is 12.5 Å². The molecule has 8 nitrogen and oxygen atoms in total. The maximum absolute atomic E-state index is 13.1. The third-order valence-corrected chi connectivity index (χ3v) is 7.54. The number of nitrogens with one attached hydrogen (secondary N) is 1. The van der Waals surface area contributed by atoms with Crippen molar-refractivity contribution in [3.05, 3.63) is 89.4 Å². The van der Waals surface area contributed by atoms with Crippen LogP contribution in [0.4, 0.5) is 4.79 Å². The van der Waals surface area contributed by atoms with Gasteiger partial charge in [-0.25, -0.2) is 9.59 Å². The van der Waals surface area contributed by atoms with E-state index in [-0.39, 0.29) is 18.0 Å². The summed E-state index contributed by atoms with van der Waals surface area (Å²) in [6.45, 7) is 2.03. The number of rotatable bonds is 8. The van der Waals surface area contributed by atoms with E-state index in [9.17, 15) is 9.59 Å². The van der Waals surface area contributed by atoms with Crippen LogP contribution in [0.3, 0.4) is 0 Å². The number of fused-ring (bicyclic) bond motifs is 1. The van der Waals surface area contributed by atoms with Crippen molar-refractivity contribution in [2.24, 2.45) is 5.92 Å². The lowest BCUT2D eigenvalue weighted by Crippen LogP contribution is -2.85. The molecule has 2 aromatic carbocycles. The summed E-state index contributed by atoms with van der Waals surface area (Å²) in [5.74, 6) is 0.205. The van der Waals surface area contributed by atoms with Gasteiger partial charge in [0.15, 0.2) is 0 Å². The van der Waals surface area contributed by atoms with E-state index in [4.69, 9.17) is 19.0 Å². The van der Waals surface area contributed by atoms with Crippen molar-refractivity contribution >= 4 is 12.1 Å². The first kappa shape index (κ1) is 21.7. The van der Waals surface area contributed by atoms with Crippen LogP contribution >= 0.6 is 0 Å². The lowest BCUT2D eigenvalue weighted by atomic mass is 9.54. The molecule has 2 N–H and O–H groups in total. The minimum absolute atomic E-state index is 0.0873. The summed E-state index contributed by atoms with van der Waals surface area (Å²) in [4.78, 5) is 26.5. The highest BCUT2D eigenvalue weighted by molar-refractivity contribution is 5.84. The van der Waals surface area contributed by atoms with Crippen molar-refractivity contribution in [3.8, 4) is 5.75 Å². The minimum atomic E-state index is -1.12. The largest absolute Gasteiger partial charge is 0.486 e. The van der Waals surface area contributed by atoms with Crippen LogP contribution in [-0.4, -0.2) is 46.8 Å². The van der Waals surface area contributed by atoms with Crippen molar-refractivity contribution in [3.63, 3.8) is 0 Å². The number of carbonyl (C=O) groups excluding carboxylic acids is 1. The highest BCUT2D eigenvalue weighted by Gasteiger charge is 2.70. The van der Waals surface area contributed by atoms with E-state index in [1.54, 1.807) is 6.07 Å². The molecule has 4 bridgehead atoms. The van der Waals surface area contributed by atoms with Gasteiger partial charge in [-0.2, -0.15) is 0 Å². The molecule has 1 amide bonds. The summed E-state index contributed by atoms with van der Waals surface area (Å²) in [6.07, 6.45) is 1.81. The van der Waals surface area contributed by atoms with Crippen molar-refractivity contribution in [1.29, 1.82) is 0 Å². The number of aromatic carboxylic acids is 1. The van der Waals surface area contributed by atoms with E-state index in [1.165, 1.54) is 6.07 Å². The molecule has 7 rings (SSSR count). The Kier molecular flexibility index (Phi) is 5.25. The summed E-state index contributed by atoms with van der Waals surface area (Å²) >= 11 is 0. The standard InChI is InChI=1S/C27H26N2O6/c30-25(31)22-10-9-21(34-22)15-33-20-8-4-7-18(13-20)24(17-5-2-1-3-6-17)28-26(32)35-27-16-29-12-11-19(27)14-23(27)29/h1-10,13,19,23-24H,11-12,14-16H2,(H,28,32)(H,30,31)/t19?,23?,24-,27+/m0/s1. The number of carboxylic acids is 1. The predicted octanol–water partition coefficient (Wildman–Crippen LogP) is 4.22. The van der Waals surface area contributed by atoms with Crippen molar-refractivity contribution in [1.82, 2.24) is 10.2 Å². The van der Waals surface area contributed by atoms with Gasteiger partial charge in [0.25, 0.3) is 0 Å². The Morgan fingerprint density at radius 3 is 2.63 bits per heavy atom. The van der Waals surface area contributed by atoms with Crippen LogP contribution in [0.25, 0.3) is 0 Å². The van der Waals surface area contributed by atoms with E-state index in [0.29, 0.717) is 23.5 Å². The normalized spacial score (nSPS) is 26.6. The number of amides is 1. The van der Waals surface area contributed by atoms with Crippen molar-refractivity contribution < 1.29 is 28.6 Å². The number of benzene rings is 2. The molecule has 1 aliphatic carbocycles. The Hall–Kier alpha value is -3.78. The minimum Gasteiger partial charge on any atom is -0.486 e. The molecule has 3 aromatic rings. The summed E-state index contributed by atoms with van der Waals surface area (Å²) < 4.78 is 17.2. The molecule has 180 valence electrons. The van der Waals surface area contributed by atoms with Crippen molar-refractivity contribution in [2.75, 3.05) is 13.1 Å². The van der Waals surface area contributed by atoms with Crippen molar-refractivity contribution in [2.45, 2.75) is 37.1 Å². The molecule has 5 atom stereocenters. The highest BCUT2D eigenvalue weighted by atomic mass is 16.6. The van der Waals surface area contributed by atoms with Gasteiger partial charge in [-0.15, -0.1) is 0 Å². The van der Waals surface area contributed by atoms with E-state index < -0.39 is 18.1 Å². The molecule has 8 heteroatoms. The molecule has 4 heterocycles. The smallest absolute Gasteiger partial charge is 0.408 e. The zero-order valence-corrected chi connectivity index (χ0v) is 19.1. The third kappa shape index (κ3) is 3.83. The number of carbonyl (C=O) groups is 2. The monoisotopic (exact) mass is 474 g/mol. The van der Waals surface area contributed by atoms with E-state index in [1.807, 2.05) is 54.6 Å². The molecular weight excluding hydrogens is 448 g/mol. The van der Waals surface area contributed by atoms with Crippen LogP contribution in [-0.2, 0) is 11.3 Å². The summed E-state index contributed by atoms with van der Waals surface area (Å²) in [6, 6.07) is 20.1. The molecule has 1 saturated carbocycles. The lowest BCUT2D eigenvalue weighted by molar-refractivity contribution is -0.283. The first-order valence-electron chi connectivity index (χ1n) is 11.8. The third-order valence-electron chi connectivity index (χ3n) is 7.54. The Morgan fingerprint density at radius 1 is 1.11 bits per heavy atom. The average Bonchev–Trinajstić information content (AvgIpc) is 3.36. The first-order chi connectivity index (χ1) is 17.0. The van der Waals surface area contributed by atoms with E-state index in [0.717, 1.165) is 37.1 Å². The molecule has 35 heavy (non-hydrogen) atoms. The van der Waals surface area contributed by atoms with E-state index in [2.05, 4.69) is 10.2 Å². The van der Waals surface area contributed by atoms with Gasteiger partial charge in [0.1, 0.15) is 23.7 Å². The quantitative estimate of drug-likeness (QED) is 0.504. The SMILES string of the molecule is O=C(N[C@@H](c1ccccc1)c1cccc(OCc2ccc(C(=O)O)o2)c1)O[C@]12CN3CCC1CC32. The van der Waals surface area contributed by atoms with Gasteiger partial charge >= 0.3 is 12.1 Å². The van der Waals surface area contributed by atoms with Gasteiger partial charge in [0.05, 0.1) is 12.1 Å². The maximum Gasteiger partial charge on any atom is 0.408 e. The fourth-order valence-corrected chi connectivity index (χ4v) is 5.72. The highest BCUT2D eigenvalue weighted by Crippen LogP contribution is 2.58. The zero-order valence-electron chi connectivity index (χ0n) is 19.1. The topological polar surface area (TPSA) is 101 Å². The Bertz CT molecular complexity index is 1250. The predicted molar refractivity (Wildman–Crippen MR) is 125 cm³/mol. The molecule has 4 aliphatic rings. The van der Waals surface area contributed by atoms with Crippen LogP contribution in [0.5, 0.6) is 5.75 Å². The van der Waals surface area contributed by atoms with Crippen LogP contribution in [0.15, 0.2) is 71.1 Å². The van der Waals surface area contributed by atoms with Gasteiger partial charge in [-0.05, 0) is 54.8 Å². The average molecular weight is 475 g/mol. The molecule has 1 aromatic heterocycles. The number of furan rings is 1. The van der Waals surface area contributed by atoms with Crippen LogP contribution < -0.4 is 10.1 Å². The molecule has 3 saturated heterocycles. The second-order valence-corrected chi connectivity index (χ2v) is 9.47. The second kappa shape index (κ2) is 8.46. The Labute approximate surface area is 202 Å². The number of ether oxygens (including phenoxy) is 2. The number of hydrogen-bond acceptors (Lipinski definition) is 6. The fraction of sp³-hybridized carbons (Fsp3) is 0.333. The Balaban J connectivity index is 1.18. The molecule has 0 radical (unpaired) electrons. The lowest BCUT2D eigenvalue weighted by Gasteiger charge is -2.71. The molecule has 3 unspecified atom stereocenters. The molecule has 4 fully saturated rings. The number of piperidine rings is 4. The van der Waals surface area contributed by atoms with Gasteiger partial charge in [-0.3, -0.25) is 4.90 Å². The number of alkyl carbamates (subject to hydrolysis) is 1. The second-order valence-electron chi connectivity index (χ2n) is 9.47. The van der Waals surface area contributed by atoms with Gasteiger partial charge in [0.2, 0.25) is 5.76 Å². The van der Waals surface area contributed by atoms with Gasteiger partial charge in [-0.1, -0.05) is 42.5 Å². The molecular formula is C27H26N2O6. The summed E-state index contributed by atoms with van der Waals surface area (Å²) in [7, 11) is 0. The fourth-order valence-electron chi connectivity index (χ4n) is 5.72. The summed E-state index contributed by atoms with van der Waals surface area (Å²) in [5.41, 5.74) is 1.46. The van der Waals surface area contributed by atoms with Crippen LogP contribution in [0.1, 0.15) is 46.3 Å². The van der Waals surface area contributed by atoms with Gasteiger partial charge < -0.3 is 24.3 Å². The number of hydrogen-bond donors (Lipinski definition) is 2.